The second-order valence-electron chi connectivity index (χ2n) is 5.07. The van der Waals surface area contributed by atoms with E-state index in [1.807, 2.05) is 0 Å². The predicted molar refractivity (Wildman–Crippen MR) is 62.3 cm³/mol. The number of nitrogens with zero attached hydrogens (tertiary/aromatic N) is 3. The van der Waals surface area contributed by atoms with Crippen molar-refractivity contribution in [1.29, 1.82) is 0 Å². The maximum absolute atomic E-state index is 11.2. The van der Waals surface area contributed by atoms with Crippen LogP contribution in [0.3, 0.4) is 0 Å². The average Bonchev–Trinajstić information content (AvgIpc) is 2.96. The summed E-state index contributed by atoms with van der Waals surface area (Å²) in [4.78, 5) is 15.6. The summed E-state index contributed by atoms with van der Waals surface area (Å²) in [7, 11) is 0. The Morgan fingerprint density at radius 1 is 1.50 bits per heavy atom. The van der Waals surface area contributed by atoms with Gasteiger partial charge in [0.2, 0.25) is 0 Å². The molecule has 0 radical (unpaired) electrons. The monoisotopic (exact) mass is 251 g/mol. The van der Waals surface area contributed by atoms with Gasteiger partial charge in [-0.1, -0.05) is 0 Å². The van der Waals surface area contributed by atoms with E-state index in [9.17, 15) is 4.79 Å². The van der Waals surface area contributed by atoms with Crippen LogP contribution in [0.2, 0.25) is 0 Å². The van der Waals surface area contributed by atoms with Crippen LogP contribution in [0.5, 0.6) is 0 Å². The van der Waals surface area contributed by atoms with Crippen LogP contribution in [0.15, 0.2) is 0 Å². The first kappa shape index (κ1) is 11.6. The van der Waals surface area contributed by atoms with Crippen LogP contribution in [-0.2, 0) is 22.4 Å². The quantitative estimate of drug-likeness (QED) is 0.860. The minimum atomic E-state index is -0.809. The number of carboxylic acid groups (broad SMARTS) is 1. The van der Waals surface area contributed by atoms with Crippen molar-refractivity contribution in [3.63, 3.8) is 0 Å². The molecule has 2 aliphatic heterocycles. The highest BCUT2D eigenvalue weighted by Crippen LogP contribution is 2.24. The summed E-state index contributed by atoms with van der Waals surface area (Å²) in [5.74, 6) is 1.27. The van der Waals surface area contributed by atoms with E-state index in [4.69, 9.17) is 9.84 Å². The summed E-state index contributed by atoms with van der Waals surface area (Å²) in [6.07, 6.45) is 4.20. The fraction of sp³-hybridized carbons (Fsp3) is 0.750. The van der Waals surface area contributed by atoms with Crippen molar-refractivity contribution in [2.45, 2.75) is 38.1 Å². The first-order chi connectivity index (χ1) is 8.74. The third-order valence-corrected chi connectivity index (χ3v) is 3.70. The lowest BCUT2D eigenvalue weighted by Gasteiger charge is -2.19. The van der Waals surface area contributed by atoms with Crippen molar-refractivity contribution < 1.29 is 14.6 Å². The van der Waals surface area contributed by atoms with Gasteiger partial charge >= 0.3 is 5.97 Å². The van der Waals surface area contributed by atoms with E-state index in [1.54, 1.807) is 4.68 Å². The van der Waals surface area contributed by atoms with E-state index in [0.717, 1.165) is 50.5 Å². The Morgan fingerprint density at radius 3 is 3.11 bits per heavy atom. The molecule has 3 heterocycles. The Morgan fingerprint density at radius 2 is 2.39 bits per heavy atom. The molecule has 1 saturated heterocycles. The molecule has 0 aliphatic carbocycles. The Balaban J connectivity index is 1.79. The molecule has 1 N–H and O–H groups in total. The van der Waals surface area contributed by atoms with Gasteiger partial charge < -0.3 is 9.84 Å². The molecule has 0 spiro atoms. The number of ether oxygens (including phenoxy) is 1. The lowest BCUT2D eigenvalue weighted by molar-refractivity contribution is -0.141. The van der Waals surface area contributed by atoms with Crippen molar-refractivity contribution in [2.75, 3.05) is 13.2 Å². The fourth-order valence-electron chi connectivity index (χ4n) is 2.72. The molecule has 0 bridgehead atoms. The number of carbonyl (C=O) groups is 1. The highest BCUT2D eigenvalue weighted by atomic mass is 16.5. The van der Waals surface area contributed by atoms with Gasteiger partial charge in [-0.15, -0.1) is 0 Å². The first-order valence-electron chi connectivity index (χ1n) is 6.49. The third kappa shape index (κ3) is 2.12. The lowest BCUT2D eigenvalue weighted by atomic mass is 10.1. The molecule has 0 aromatic carbocycles. The molecular weight excluding hydrogens is 234 g/mol. The zero-order valence-electron chi connectivity index (χ0n) is 10.2. The van der Waals surface area contributed by atoms with Gasteiger partial charge in [0.15, 0.2) is 11.9 Å². The van der Waals surface area contributed by atoms with Crippen LogP contribution < -0.4 is 0 Å². The number of hydrogen-bond donors (Lipinski definition) is 1. The zero-order chi connectivity index (χ0) is 12.5. The van der Waals surface area contributed by atoms with Crippen LogP contribution in [0.25, 0.3) is 0 Å². The number of aliphatic carboxylic acids is 1. The van der Waals surface area contributed by atoms with Crippen LogP contribution in [0.4, 0.5) is 0 Å². The van der Waals surface area contributed by atoms with E-state index in [1.165, 1.54) is 0 Å². The molecule has 2 aliphatic rings. The Hall–Kier alpha value is -1.43. The van der Waals surface area contributed by atoms with Crippen LogP contribution in [0, 0.1) is 5.92 Å². The van der Waals surface area contributed by atoms with Crippen molar-refractivity contribution in [3.8, 4) is 0 Å². The smallest absolute Gasteiger partial charge is 0.328 e. The van der Waals surface area contributed by atoms with Gasteiger partial charge in [0.1, 0.15) is 5.82 Å². The third-order valence-electron chi connectivity index (χ3n) is 3.70. The largest absolute Gasteiger partial charge is 0.480 e. The van der Waals surface area contributed by atoms with E-state index in [0.29, 0.717) is 12.3 Å². The van der Waals surface area contributed by atoms with Gasteiger partial charge in [-0.05, 0) is 25.2 Å². The van der Waals surface area contributed by atoms with Crippen molar-refractivity contribution in [2.24, 2.45) is 5.92 Å². The molecule has 18 heavy (non-hydrogen) atoms. The van der Waals surface area contributed by atoms with Crippen molar-refractivity contribution >= 4 is 5.97 Å². The van der Waals surface area contributed by atoms with E-state index in [2.05, 4.69) is 10.1 Å². The Labute approximate surface area is 105 Å². The normalized spacial score (nSPS) is 27.1. The second-order valence-corrected chi connectivity index (χ2v) is 5.07. The molecule has 1 fully saturated rings. The van der Waals surface area contributed by atoms with Crippen molar-refractivity contribution in [3.05, 3.63) is 11.6 Å². The van der Waals surface area contributed by atoms with Gasteiger partial charge in [-0.25, -0.2) is 14.5 Å². The molecule has 98 valence electrons. The summed E-state index contributed by atoms with van der Waals surface area (Å²) in [6, 6.07) is -0.533. The van der Waals surface area contributed by atoms with E-state index in [-0.39, 0.29) is 0 Å². The summed E-state index contributed by atoms with van der Waals surface area (Å²) < 4.78 is 6.94. The SMILES string of the molecule is O=C(O)C1CCCc2nc(CC3CCOC3)nn21. The topological polar surface area (TPSA) is 77.2 Å². The van der Waals surface area contributed by atoms with Gasteiger partial charge in [-0.3, -0.25) is 0 Å². The fourth-order valence-corrected chi connectivity index (χ4v) is 2.72. The minimum Gasteiger partial charge on any atom is -0.480 e. The summed E-state index contributed by atoms with van der Waals surface area (Å²) in [5, 5.41) is 13.6. The molecule has 0 amide bonds. The van der Waals surface area contributed by atoms with Crippen LogP contribution >= 0.6 is 0 Å². The van der Waals surface area contributed by atoms with Gasteiger partial charge in [0.25, 0.3) is 0 Å². The standard InChI is InChI=1S/C12H17N3O3/c16-12(17)9-2-1-3-11-13-10(14-15(9)11)6-8-4-5-18-7-8/h8-9H,1-7H2,(H,16,17). The highest BCUT2D eigenvalue weighted by molar-refractivity contribution is 5.71. The molecule has 2 atom stereocenters. The number of carboxylic acids is 1. The van der Waals surface area contributed by atoms with Gasteiger partial charge in [0, 0.05) is 26.1 Å². The molecule has 1 aromatic heterocycles. The maximum Gasteiger partial charge on any atom is 0.328 e. The molecule has 2 unspecified atom stereocenters. The molecule has 3 rings (SSSR count). The molecule has 6 nitrogen and oxygen atoms in total. The number of hydrogen-bond acceptors (Lipinski definition) is 4. The van der Waals surface area contributed by atoms with Crippen LogP contribution in [-0.4, -0.2) is 39.1 Å². The molecule has 0 saturated carbocycles. The highest BCUT2D eigenvalue weighted by Gasteiger charge is 2.29. The molecule has 1 aromatic rings. The lowest BCUT2D eigenvalue weighted by Crippen LogP contribution is -2.26. The van der Waals surface area contributed by atoms with E-state index >= 15 is 0 Å². The predicted octanol–water partition coefficient (Wildman–Crippen LogP) is 0.819. The summed E-state index contributed by atoms with van der Waals surface area (Å²) in [6.45, 7) is 1.59. The van der Waals surface area contributed by atoms with Crippen LogP contribution in [0.1, 0.15) is 37.0 Å². The Bertz CT molecular complexity index is 451. The number of aryl methyl sites for hydroxylation is 1. The Kier molecular flexibility index (Phi) is 3.03. The minimum absolute atomic E-state index is 0.484. The number of aromatic nitrogens is 3. The summed E-state index contributed by atoms with van der Waals surface area (Å²) in [5.41, 5.74) is 0. The number of fused-ring (bicyclic) bond motifs is 1. The number of rotatable bonds is 3. The molecule has 6 heteroatoms. The average molecular weight is 251 g/mol. The second kappa shape index (κ2) is 4.68. The van der Waals surface area contributed by atoms with Crippen molar-refractivity contribution in [1.82, 2.24) is 14.8 Å². The first-order valence-corrected chi connectivity index (χ1v) is 6.49. The maximum atomic E-state index is 11.2. The van der Waals surface area contributed by atoms with E-state index < -0.39 is 12.0 Å². The van der Waals surface area contributed by atoms with Gasteiger partial charge in [0.05, 0.1) is 0 Å². The molecular formula is C12H17N3O3. The zero-order valence-corrected chi connectivity index (χ0v) is 10.2. The van der Waals surface area contributed by atoms with Gasteiger partial charge in [-0.2, -0.15) is 5.10 Å². The summed E-state index contributed by atoms with van der Waals surface area (Å²) >= 11 is 0.